The van der Waals surface area contributed by atoms with E-state index in [1.54, 1.807) is 31.3 Å². The van der Waals surface area contributed by atoms with E-state index in [0.29, 0.717) is 11.4 Å². The van der Waals surface area contributed by atoms with E-state index in [9.17, 15) is 9.59 Å². The number of carbonyl (C=O) groups is 2. The van der Waals surface area contributed by atoms with Crippen LogP contribution in [0.2, 0.25) is 0 Å². The fourth-order valence-electron chi connectivity index (χ4n) is 1.46. The Morgan fingerprint density at radius 2 is 2.05 bits per heavy atom. The van der Waals surface area contributed by atoms with E-state index >= 15 is 0 Å². The van der Waals surface area contributed by atoms with E-state index in [2.05, 4.69) is 5.32 Å². The highest BCUT2D eigenvalue weighted by Crippen LogP contribution is 2.26. The van der Waals surface area contributed by atoms with Gasteiger partial charge in [-0.05, 0) is 12.1 Å². The topological polar surface area (TPSA) is 78.9 Å². The number of methoxy groups -OCH3 is 1. The summed E-state index contributed by atoms with van der Waals surface area (Å²) in [5.41, 5.74) is 0.616. The average Bonchev–Trinajstić information content (AvgIpc) is 2.43. The van der Waals surface area contributed by atoms with E-state index in [1.807, 2.05) is 0 Å². The Morgan fingerprint density at radius 1 is 1.42 bits per heavy atom. The number of nitrogens with one attached hydrogen (secondary N) is 1. The molecule has 0 aliphatic heterocycles. The second kappa shape index (κ2) is 6.63. The van der Waals surface area contributed by atoms with Gasteiger partial charge in [0.05, 0.1) is 18.7 Å². The zero-order valence-corrected chi connectivity index (χ0v) is 11.2. The first kappa shape index (κ1) is 14.8. The summed E-state index contributed by atoms with van der Waals surface area (Å²) in [6.07, 6.45) is 0. The number of urea groups is 1. The fourth-order valence-corrected chi connectivity index (χ4v) is 1.46. The lowest BCUT2D eigenvalue weighted by Gasteiger charge is -2.20. The molecule has 0 heterocycles. The van der Waals surface area contributed by atoms with Gasteiger partial charge in [-0.15, -0.1) is 0 Å². The molecule has 1 aromatic rings. The molecule has 0 aliphatic rings. The first-order valence-corrected chi connectivity index (χ1v) is 5.84. The zero-order chi connectivity index (χ0) is 14.4. The Bertz CT molecular complexity index is 462. The van der Waals surface area contributed by atoms with Crippen LogP contribution in [0, 0.1) is 5.92 Å². The minimum absolute atomic E-state index is 0.0770. The second-order valence-electron chi connectivity index (χ2n) is 4.16. The van der Waals surface area contributed by atoms with Crippen LogP contribution in [0.3, 0.4) is 0 Å². The van der Waals surface area contributed by atoms with Crippen LogP contribution in [0.1, 0.15) is 6.92 Å². The number of carboxylic acid groups (broad SMARTS) is 1. The van der Waals surface area contributed by atoms with Gasteiger partial charge in [-0.3, -0.25) is 9.69 Å². The minimum atomic E-state index is -0.944. The number of carboxylic acids is 1. The van der Waals surface area contributed by atoms with Crippen molar-refractivity contribution in [3.63, 3.8) is 0 Å². The average molecular weight is 266 g/mol. The van der Waals surface area contributed by atoms with Crippen LogP contribution in [0.15, 0.2) is 24.3 Å². The molecular weight excluding hydrogens is 248 g/mol. The maximum absolute atomic E-state index is 11.9. The number of nitrogens with zero attached hydrogens (tertiary/aromatic N) is 1. The molecule has 0 bridgehead atoms. The molecule has 0 saturated carbocycles. The number of amides is 2. The molecule has 104 valence electrons. The first-order valence-electron chi connectivity index (χ1n) is 5.84. The van der Waals surface area contributed by atoms with Crippen molar-refractivity contribution in [2.75, 3.05) is 25.6 Å². The SMILES string of the molecule is COc1ccccc1N(C)C(=O)NCC(C)C(=O)O. The number of rotatable bonds is 5. The summed E-state index contributed by atoms with van der Waals surface area (Å²) in [7, 11) is 3.12. The molecule has 0 aromatic heterocycles. The summed E-state index contributed by atoms with van der Waals surface area (Å²) in [5, 5.41) is 11.3. The second-order valence-corrected chi connectivity index (χ2v) is 4.16. The molecule has 19 heavy (non-hydrogen) atoms. The predicted octanol–water partition coefficient (Wildman–Crippen LogP) is 1.56. The van der Waals surface area contributed by atoms with Crippen LogP contribution in [-0.2, 0) is 4.79 Å². The third kappa shape index (κ3) is 3.87. The van der Waals surface area contributed by atoms with E-state index in [4.69, 9.17) is 9.84 Å². The van der Waals surface area contributed by atoms with Crippen molar-refractivity contribution in [2.24, 2.45) is 5.92 Å². The number of hydrogen-bond acceptors (Lipinski definition) is 3. The van der Waals surface area contributed by atoms with Crippen molar-refractivity contribution < 1.29 is 19.4 Å². The van der Waals surface area contributed by atoms with Crippen LogP contribution in [0.5, 0.6) is 5.75 Å². The highest BCUT2D eigenvalue weighted by molar-refractivity contribution is 5.93. The molecular formula is C13H18N2O4. The third-order valence-corrected chi connectivity index (χ3v) is 2.73. The van der Waals surface area contributed by atoms with Crippen LogP contribution in [0.25, 0.3) is 0 Å². The van der Waals surface area contributed by atoms with Gasteiger partial charge in [-0.2, -0.15) is 0 Å². The lowest BCUT2D eigenvalue weighted by molar-refractivity contribution is -0.140. The number of benzene rings is 1. The summed E-state index contributed by atoms with van der Waals surface area (Å²) < 4.78 is 5.16. The van der Waals surface area contributed by atoms with Crippen LogP contribution in [-0.4, -0.2) is 37.8 Å². The molecule has 0 spiro atoms. The standard InChI is InChI=1S/C13H18N2O4/c1-9(12(16)17)8-14-13(18)15(2)10-6-4-5-7-11(10)19-3/h4-7,9H,8H2,1-3H3,(H,14,18)(H,16,17). The van der Waals surface area contributed by atoms with Gasteiger partial charge >= 0.3 is 12.0 Å². The fraction of sp³-hybridized carbons (Fsp3) is 0.385. The molecule has 0 fully saturated rings. The van der Waals surface area contributed by atoms with Crippen LogP contribution >= 0.6 is 0 Å². The largest absolute Gasteiger partial charge is 0.495 e. The quantitative estimate of drug-likeness (QED) is 0.847. The molecule has 1 atom stereocenters. The molecule has 1 aromatic carbocycles. The van der Waals surface area contributed by atoms with Gasteiger partial charge in [0.2, 0.25) is 0 Å². The van der Waals surface area contributed by atoms with Gasteiger partial charge in [-0.1, -0.05) is 19.1 Å². The van der Waals surface area contributed by atoms with Crippen molar-refractivity contribution >= 4 is 17.7 Å². The molecule has 2 amide bonds. The van der Waals surface area contributed by atoms with E-state index in [0.717, 1.165) is 0 Å². The Balaban J connectivity index is 2.69. The molecule has 0 radical (unpaired) electrons. The molecule has 6 nitrogen and oxygen atoms in total. The smallest absolute Gasteiger partial charge is 0.321 e. The maximum atomic E-state index is 11.9. The predicted molar refractivity (Wildman–Crippen MR) is 71.6 cm³/mol. The van der Waals surface area contributed by atoms with Crippen molar-refractivity contribution in [3.05, 3.63) is 24.3 Å². The van der Waals surface area contributed by atoms with Crippen molar-refractivity contribution in [3.8, 4) is 5.75 Å². The Morgan fingerprint density at radius 3 is 2.63 bits per heavy atom. The van der Waals surface area contributed by atoms with Crippen molar-refractivity contribution in [1.82, 2.24) is 5.32 Å². The lowest BCUT2D eigenvalue weighted by Crippen LogP contribution is -2.40. The lowest BCUT2D eigenvalue weighted by atomic mass is 10.2. The summed E-state index contributed by atoms with van der Waals surface area (Å²) in [6, 6.07) is 6.72. The van der Waals surface area contributed by atoms with Crippen molar-refractivity contribution in [2.45, 2.75) is 6.92 Å². The van der Waals surface area contributed by atoms with E-state index in [1.165, 1.54) is 18.9 Å². The Hall–Kier alpha value is -2.24. The minimum Gasteiger partial charge on any atom is -0.495 e. The molecule has 0 aliphatic carbocycles. The highest BCUT2D eigenvalue weighted by atomic mass is 16.5. The maximum Gasteiger partial charge on any atom is 0.321 e. The molecule has 0 saturated heterocycles. The van der Waals surface area contributed by atoms with Crippen molar-refractivity contribution in [1.29, 1.82) is 0 Å². The first-order chi connectivity index (χ1) is 8.97. The Kier molecular flexibility index (Phi) is 5.17. The summed E-state index contributed by atoms with van der Waals surface area (Å²) in [6.45, 7) is 1.61. The number of anilines is 1. The molecule has 6 heteroatoms. The molecule has 2 N–H and O–H groups in total. The number of aliphatic carboxylic acids is 1. The number of carbonyl (C=O) groups excluding carboxylic acids is 1. The summed E-state index contributed by atoms with van der Waals surface area (Å²) in [4.78, 5) is 24.0. The highest BCUT2D eigenvalue weighted by Gasteiger charge is 2.17. The van der Waals surface area contributed by atoms with E-state index in [-0.39, 0.29) is 12.6 Å². The number of hydrogen-bond donors (Lipinski definition) is 2. The van der Waals surface area contributed by atoms with Gasteiger partial charge in [-0.25, -0.2) is 4.79 Å². The van der Waals surface area contributed by atoms with Gasteiger partial charge < -0.3 is 15.2 Å². The summed E-state index contributed by atoms with van der Waals surface area (Å²) >= 11 is 0. The van der Waals surface area contributed by atoms with Gasteiger partial charge in [0, 0.05) is 13.6 Å². The monoisotopic (exact) mass is 266 g/mol. The Labute approximate surface area is 112 Å². The third-order valence-electron chi connectivity index (χ3n) is 2.73. The van der Waals surface area contributed by atoms with Gasteiger partial charge in [0.15, 0.2) is 0 Å². The summed E-state index contributed by atoms with van der Waals surface area (Å²) in [5.74, 6) is -0.998. The van der Waals surface area contributed by atoms with Crippen LogP contribution in [0.4, 0.5) is 10.5 Å². The van der Waals surface area contributed by atoms with Gasteiger partial charge in [0.25, 0.3) is 0 Å². The number of ether oxygens (including phenoxy) is 1. The van der Waals surface area contributed by atoms with Crippen LogP contribution < -0.4 is 15.0 Å². The van der Waals surface area contributed by atoms with Gasteiger partial charge in [0.1, 0.15) is 5.75 Å². The normalized spacial score (nSPS) is 11.5. The molecule has 1 unspecified atom stereocenters. The molecule has 1 rings (SSSR count). The zero-order valence-electron chi connectivity index (χ0n) is 11.2. The number of para-hydroxylation sites is 2. The van der Waals surface area contributed by atoms with E-state index < -0.39 is 11.9 Å².